The highest BCUT2D eigenvalue weighted by atomic mass is 28.3. The number of hydrogen-bond acceptors (Lipinski definition) is 7. The van der Waals surface area contributed by atoms with Crippen molar-refractivity contribution < 1.29 is 23.8 Å². The first kappa shape index (κ1) is 32.5. The van der Waals surface area contributed by atoms with E-state index >= 15 is 0 Å². The van der Waals surface area contributed by atoms with Crippen LogP contribution in [0.3, 0.4) is 0 Å². The summed E-state index contributed by atoms with van der Waals surface area (Å²) in [7, 11) is -1.26. The molecule has 1 aromatic carbocycles. The van der Waals surface area contributed by atoms with Crippen LogP contribution in [0.1, 0.15) is 75.9 Å². The van der Waals surface area contributed by atoms with Crippen molar-refractivity contribution >= 4 is 25.8 Å². The fourth-order valence-corrected chi connectivity index (χ4v) is 5.60. The number of imidazole rings is 1. The molecular formula is C31H48N4O5Si. The molecule has 0 saturated carbocycles. The minimum absolute atomic E-state index is 0.0982. The third-order valence-electron chi connectivity index (χ3n) is 7.20. The standard InChI is InChI=1S/C31H48N4O5Si/c1-8-25(27(32)29(36)40-31(2,3)4)28-33-20-26(35(28)22-38-18-19-41(5,6)7)24-14-16-34(17-15-24)30(37)39-21-23-12-10-9-11-13-23/h9-13,20,24-25,32H,8,14-19,21-22H2,1-7H3. The molecule has 0 aliphatic carbocycles. The third-order valence-corrected chi connectivity index (χ3v) is 8.90. The Labute approximate surface area is 246 Å². The summed E-state index contributed by atoms with van der Waals surface area (Å²) in [6.07, 6.45) is 3.63. The smallest absolute Gasteiger partial charge is 0.410 e. The maximum absolute atomic E-state index is 12.8. The van der Waals surface area contributed by atoms with E-state index in [0.717, 1.165) is 30.1 Å². The number of benzene rings is 1. The van der Waals surface area contributed by atoms with E-state index < -0.39 is 25.6 Å². The number of nitrogens with one attached hydrogen (secondary N) is 1. The first-order valence-corrected chi connectivity index (χ1v) is 18.4. The third kappa shape index (κ3) is 9.81. The number of likely N-dealkylation sites (tertiary alicyclic amines) is 1. The fraction of sp³-hybridized carbons (Fsp3) is 0.613. The van der Waals surface area contributed by atoms with Gasteiger partial charge in [-0.1, -0.05) is 56.9 Å². The van der Waals surface area contributed by atoms with E-state index in [1.165, 1.54) is 0 Å². The van der Waals surface area contributed by atoms with Crippen LogP contribution in [-0.4, -0.2) is 65.6 Å². The molecule has 0 bridgehead atoms. The lowest BCUT2D eigenvalue weighted by Gasteiger charge is -2.32. The maximum atomic E-state index is 12.8. The molecule has 41 heavy (non-hydrogen) atoms. The van der Waals surface area contributed by atoms with Crippen molar-refractivity contribution in [2.45, 2.75) is 103 Å². The number of hydrogen-bond donors (Lipinski definition) is 1. The van der Waals surface area contributed by atoms with Crippen molar-refractivity contribution in [2.24, 2.45) is 0 Å². The molecule has 10 heteroatoms. The van der Waals surface area contributed by atoms with Gasteiger partial charge in [0.2, 0.25) is 0 Å². The van der Waals surface area contributed by atoms with Gasteiger partial charge in [-0.15, -0.1) is 0 Å². The van der Waals surface area contributed by atoms with Gasteiger partial charge in [-0.05, 0) is 51.6 Å². The van der Waals surface area contributed by atoms with Gasteiger partial charge in [-0.25, -0.2) is 14.6 Å². The summed E-state index contributed by atoms with van der Waals surface area (Å²) < 4.78 is 19.3. The Hall–Kier alpha value is -2.98. The van der Waals surface area contributed by atoms with E-state index in [4.69, 9.17) is 24.6 Å². The molecule has 1 fully saturated rings. The van der Waals surface area contributed by atoms with Crippen molar-refractivity contribution in [1.29, 1.82) is 5.41 Å². The predicted octanol–water partition coefficient (Wildman–Crippen LogP) is 6.57. The van der Waals surface area contributed by atoms with Crippen LogP contribution in [0.4, 0.5) is 4.79 Å². The zero-order valence-corrected chi connectivity index (χ0v) is 26.9. The number of ether oxygens (including phenoxy) is 3. The number of carbonyl (C=O) groups excluding carboxylic acids is 2. The molecule has 3 rings (SSSR count). The number of nitrogens with zero attached hydrogens (tertiary/aromatic N) is 3. The first-order chi connectivity index (χ1) is 19.3. The normalized spacial score (nSPS) is 15.4. The van der Waals surface area contributed by atoms with Gasteiger partial charge >= 0.3 is 12.1 Å². The van der Waals surface area contributed by atoms with Crippen LogP contribution in [0, 0.1) is 5.41 Å². The average molecular weight is 585 g/mol. The second-order valence-corrected chi connectivity index (χ2v) is 18.6. The maximum Gasteiger partial charge on any atom is 0.410 e. The topological polar surface area (TPSA) is 107 Å². The van der Waals surface area contributed by atoms with Gasteiger partial charge in [0.25, 0.3) is 0 Å². The zero-order valence-electron chi connectivity index (χ0n) is 25.9. The number of esters is 1. The molecule has 1 aliphatic heterocycles. The molecule has 1 amide bonds. The van der Waals surface area contributed by atoms with E-state index in [9.17, 15) is 9.59 Å². The zero-order chi connectivity index (χ0) is 30.2. The Kier molecular flexibility index (Phi) is 11.3. The van der Waals surface area contributed by atoms with Crippen LogP contribution >= 0.6 is 0 Å². The SMILES string of the molecule is CCC(C(=N)C(=O)OC(C)(C)C)c1ncc(C2CCN(C(=O)OCc3ccccc3)CC2)n1COCC[Si](C)(C)C. The number of aromatic nitrogens is 2. The van der Waals surface area contributed by atoms with Crippen LogP contribution in [0.5, 0.6) is 0 Å². The van der Waals surface area contributed by atoms with Crippen LogP contribution in [-0.2, 0) is 32.3 Å². The van der Waals surface area contributed by atoms with E-state index in [1.54, 1.807) is 25.7 Å². The Morgan fingerprint density at radius 1 is 1.12 bits per heavy atom. The summed E-state index contributed by atoms with van der Waals surface area (Å²) in [6.45, 7) is 16.7. The molecule has 9 nitrogen and oxygen atoms in total. The Balaban J connectivity index is 1.73. The Morgan fingerprint density at radius 3 is 2.37 bits per heavy atom. The van der Waals surface area contributed by atoms with Gasteiger partial charge in [0.15, 0.2) is 0 Å². The summed E-state index contributed by atoms with van der Waals surface area (Å²) >= 11 is 0. The molecule has 1 N–H and O–H groups in total. The van der Waals surface area contributed by atoms with Gasteiger partial charge in [0.1, 0.15) is 30.5 Å². The molecule has 1 aliphatic rings. The van der Waals surface area contributed by atoms with E-state index in [2.05, 4.69) is 19.6 Å². The van der Waals surface area contributed by atoms with Crippen LogP contribution in [0.25, 0.3) is 0 Å². The van der Waals surface area contributed by atoms with Crippen molar-refractivity contribution in [3.05, 3.63) is 53.6 Å². The number of amides is 1. The molecular weight excluding hydrogens is 536 g/mol. The summed E-state index contributed by atoms with van der Waals surface area (Å²) in [5.41, 5.74) is 1.20. The van der Waals surface area contributed by atoms with Crippen molar-refractivity contribution in [3.63, 3.8) is 0 Å². The summed E-state index contributed by atoms with van der Waals surface area (Å²) in [6, 6.07) is 10.7. The molecule has 0 radical (unpaired) electrons. The number of rotatable bonds is 12. The predicted molar refractivity (Wildman–Crippen MR) is 163 cm³/mol. The second-order valence-electron chi connectivity index (χ2n) is 13.0. The highest BCUT2D eigenvalue weighted by Gasteiger charge is 2.33. The molecule has 1 unspecified atom stereocenters. The highest BCUT2D eigenvalue weighted by Crippen LogP contribution is 2.32. The minimum Gasteiger partial charge on any atom is -0.455 e. The molecule has 0 spiro atoms. The number of carbonyl (C=O) groups is 2. The van der Waals surface area contributed by atoms with Crippen molar-refractivity contribution in [3.8, 4) is 0 Å². The van der Waals surface area contributed by atoms with Crippen LogP contribution in [0.2, 0.25) is 25.7 Å². The largest absolute Gasteiger partial charge is 0.455 e. The molecule has 2 aromatic rings. The summed E-state index contributed by atoms with van der Waals surface area (Å²) in [4.78, 5) is 32.0. The Bertz CT molecular complexity index is 1160. The minimum atomic E-state index is -1.26. The average Bonchev–Trinajstić information content (AvgIpc) is 3.32. The lowest BCUT2D eigenvalue weighted by atomic mass is 9.93. The molecule has 1 aromatic heterocycles. The van der Waals surface area contributed by atoms with E-state index in [0.29, 0.717) is 38.7 Å². The van der Waals surface area contributed by atoms with Gasteiger partial charge in [0, 0.05) is 45.6 Å². The van der Waals surface area contributed by atoms with Gasteiger partial charge in [0.05, 0.1) is 5.92 Å². The van der Waals surface area contributed by atoms with E-state index in [-0.39, 0.29) is 24.3 Å². The summed E-state index contributed by atoms with van der Waals surface area (Å²) in [5.74, 6) is -0.311. The van der Waals surface area contributed by atoms with E-state index in [1.807, 2.05) is 48.0 Å². The second kappa shape index (κ2) is 14.3. The monoisotopic (exact) mass is 584 g/mol. The molecule has 1 saturated heterocycles. The molecule has 1 atom stereocenters. The lowest BCUT2D eigenvalue weighted by molar-refractivity contribution is -0.146. The van der Waals surface area contributed by atoms with Crippen molar-refractivity contribution in [2.75, 3.05) is 19.7 Å². The lowest BCUT2D eigenvalue weighted by Crippen LogP contribution is -2.38. The van der Waals surface area contributed by atoms with Gasteiger partial charge in [-0.3, -0.25) is 5.41 Å². The quantitative estimate of drug-likeness (QED) is 0.131. The highest BCUT2D eigenvalue weighted by molar-refractivity contribution is 6.76. The van der Waals surface area contributed by atoms with Crippen LogP contribution in [0.15, 0.2) is 36.5 Å². The van der Waals surface area contributed by atoms with Crippen molar-refractivity contribution in [1.82, 2.24) is 14.5 Å². The summed E-state index contributed by atoms with van der Waals surface area (Å²) in [5, 5.41) is 8.67. The number of piperidine rings is 1. The van der Waals surface area contributed by atoms with Gasteiger partial charge < -0.3 is 23.7 Å². The fourth-order valence-electron chi connectivity index (χ4n) is 4.84. The Morgan fingerprint density at radius 2 is 1.78 bits per heavy atom. The van der Waals surface area contributed by atoms with Crippen LogP contribution < -0.4 is 0 Å². The molecule has 226 valence electrons. The first-order valence-electron chi connectivity index (χ1n) is 14.7. The van der Waals surface area contributed by atoms with Gasteiger partial charge in [-0.2, -0.15) is 0 Å². The molecule has 2 heterocycles.